The number of hydrogen-bond donors (Lipinski definition) is 1. The number of benzene rings is 1. The van der Waals surface area contributed by atoms with Crippen molar-refractivity contribution in [2.75, 3.05) is 11.9 Å². The molecule has 0 fully saturated rings. The molecule has 0 saturated carbocycles. The molecule has 1 aromatic carbocycles. The van der Waals surface area contributed by atoms with Crippen molar-refractivity contribution in [2.24, 2.45) is 0 Å². The molecule has 4 nitrogen and oxygen atoms in total. The third kappa shape index (κ3) is 2.64. The fraction of sp³-hybridized carbons (Fsp3) is 0.250. The summed E-state index contributed by atoms with van der Waals surface area (Å²) >= 11 is 0. The Morgan fingerprint density at radius 2 is 1.85 bits per heavy atom. The molecule has 0 saturated heterocycles. The van der Waals surface area contributed by atoms with Gasteiger partial charge in [0.15, 0.2) is 0 Å². The van der Waals surface area contributed by atoms with Crippen LogP contribution in [0.2, 0.25) is 0 Å². The highest BCUT2D eigenvalue weighted by molar-refractivity contribution is 5.94. The van der Waals surface area contributed by atoms with Crippen molar-refractivity contribution in [3.8, 4) is 0 Å². The lowest BCUT2D eigenvalue weighted by atomic mass is 10.1. The van der Waals surface area contributed by atoms with Gasteiger partial charge in [-0.3, -0.25) is 0 Å². The van der Waals surface area contributed by atoms with E-state index in [2.05, 4.69) is 11.1 Å². The van der Waals surface area contributed by atoms with Gasteiger partial charge < -0.3 is 10.0 Å². The zero-order valence-corrected chi connectivity index (χ0v) is 12.1. The van der Waals surface area contributed by atoms with Crippen LogP contribution in [0.25, 0.3) is 0 Å². The lowest BCUT2D eigenvalue weighted by Gasteiger charge is -2.22. The minimum Gasteiger partial charge on any atom is -0.478 e. The van der Waals surface area contributed by atoms with E-state index in [9.17, 15) is 9.90 Å². The van der Waals surface area contributed by atoms with Crippen LogP contribution in [-0.2, 0) is 0 Å². The number of carboxylic acid groups (broad SMARTS) is 1. The fourth-order valence-corrected chi connectivity index (χ4v) is 2.26. The van der Waals surface area contributed by atoms with Gasteiger partial charge in [-0.25, -0.2) is 9.78 Å². The molecular formula is C16H18N2O2. The monoisotopic (exact) mass is 270 g/mol. The van der Waals surface area contributed by atoms with E-state index in [1.807, 2.05) is 44.9 Å². The van der Waals surface area contributed by atoms with Gasteiger partial charge in [-0.05, 0) is 44.5 Å². The Kier molecular flexibility index (Phi) is 3.74. The number of anilines is 2. The van der Waals surface area contributed by atoms with Crippen LogP contribution in [0, 0.1) is 20.8 Å². The topological polar surface area (TPSA) is 53.4 Å². The van der Waals surface area contributed by atoms with E-state index in [0.29, 0.717) is 5.82 Å². The number of aryl methyl sites for hydroxylation is 3. The quantitative estimate of drug-likeness (QED) is 0.927. The Bertz CT molecular complexity index is 666. The second-order valence-corrected chi connectivity index (χ2v) is 4.98. The Hall–Kier alpha value is -2.36. The largest absolute Gasteiger partial charge is 0.478 e. The van der Waals surface area contributed by atoms with E-state index in [0.717, 1.165) is 16.9 Å². The number of nitrogens with zero attached hydrogens (tertiary/aromatic N) is 2. The van der Waals surface area contributed by atoms with Crippen LogP contribution in [0.3, 0.4) is 0 Å². The highest BCUT2D eigenvalue weighted by atomic mass is 16.4. The smallest absolute Gasteiger partial charge is 0.339 e. The number of rotatable bonds is 3. The molecule has 1 heterocycles. The zero-order chi connectivity index (χ0) is 14.9. The molecular weight excluding hydrogens is 252 g/mol. The first kappa shape index (κ1) is 14.1. The molecule has 0 radical (unpaired) electrons. The van der Waals surface area contributed by atoms with Crippen LogP contribution < -0.4 is 4.90 Å². The molecule has 0 spiro atoms. The van der Waals surface area contributed by atoms with Crippen LogP contribution in [0.5, 0.6) is 0 Å². The van der Waals surface area contributed by atoms with E-state index in [4.69, 9.17) is 0 Å². The molecule has 2 rings (SSSR count). The summed E-state index contributed by atoms with van der Waals surface area (Å²) in [6.07, 6.45) is 0. The minimum atomic E-state index is -0.968. The summed E-state index contributed by atoms with van der Waals surface area (Å²) in [6.45, 7) is 5.89. The van der Waals surface area contributed by atoms with Gasteiger partial charge in [0.05, 0.1) is 0 Å². The summed E-state index contributed by atoms with van der Waals surface area (Å²) in [5, 5.41) is 9.30. The van der Waals surface area contributed by atoms with Crippen molar-refractivity contribution in [1.29, 1.82) is 0 Å². The predicted molar refractivity (Wildman–Crippen MR) is 79.9 cm³/mol. The van der Waals surface area contributed by atoms with Crippen LogP contribution >= 0.6 is 0 Å². The van der Waals surface area contributed by atoms with E-state index >= 15 is 0 Å². The Morgan fingerprint density at radius 1 is 1.15 bits per heavy atom. The lowest BCUT2D eigenvalue weighted by Crippen LogP contribution is -2.17. The third-order valence-electron chi connectivity index (χ3n) is 3.28. The van der Waals surface area contributed by atoms with Gasteiger partial charge in [-0.15, -0.1) is 0 Å². The average molecular weight is 270 g/mol. The summed E-state index contributed by atoms with van der Waals surface area (Å²) in [5.41, 5.74) is 4.22. The standard InChI is InChI=1S/C16H18N2O2/c1-10-5-8-14(11(2)9-10)18(4)15-13(16(19)20)7-6-12(3)17-15/h5-9H,1-4H3,(H,19,20). The molecule has 0 unspecified atom stereocenters. The summed E-state index contributed by atoms with van der Waals surface area (Å²) in [6, 6.07) is 9.38. The number of aromatic carboxylic acids is 1. The zero-order valence-electron chi connectivity index (χ0n) is 12.1. The summed E-state index contributed by atoms with van der Waals surface area (Å²) in [4.78, 5) is 17.5. The first-order valence-electron chi connectivity index (χ1n) is 6.42. The van der Waals surface area contributed by atoms with Gasteiger partial charge in [-0.2, -0.15) is 0 Å². The van der Waals surface area contributed by atoms with Gasteiger partial charge in [0.25, 0.3) is 0 Å². The molecule has 104 valence electrons. The number of hydrogen-bond acceptors (Lipinski definition) is 3. The fourth-order valence-electron chi connectivity index (χ4n) is 2.26. The van der Waals surface area contributed by atoms with Crippen molar-refractivity contribution >= 4 is 17.5 Å². The number of aromatic nitrogens is 1. The van der Waals surface area contributed by atoms with Crippen molar-refractivity contribution in [1.82, 2.24) is 4.98 Å². The number of carboxylic acids is 1. The van der Waals surface area contributed by atoms with Gasteiger partial charge >= 0.3 is 5.97 Å². The number of pyridine rings is 1. The molecule has 0 amide bonds. The summed E-state index contributed by atoms with van der Waals surface area (Å²) in [5.74, 6) is -0.506. The van der Waals surface area contributed by atoms with Crippen LogP contribution in [0.1, 0.15) is 27.2 Å². The maximum atomic E-state index is 11.3. The maximum Gasteiger partial charge on any atom is 0.339 e. The van der Waals surface area contributed by atoms with Gasteiger partial charge in [0.1, 0.15) is 11.4 Å². The first-order chi connectivity index (χ1) is 9.40. The molecule has 4 heteroatoms. The van der Waals surface area contributed by atoms with E-state index in [1.54, 1.807) is 12.1 Å². The van der Waals surface area contributed by atoms with E-state index < -0.39 is 5.97 Å². The highest BCUT2D eigenvalue weighted by Crippen LogP contribution is 2.28. The average Bonchev–Trinajstić information content (AvgIpc) is 2.37. The van der Waals surface area contributed by atoms with Gasteiger partial charge in [-0.1, -0.05) is 17.7 Å². The molecule has 0 aliphatic heterocycles. The number of carbonyl (C=O) groups is 1. The summed E-state index contributed by atoms with van der Waals surface area (Å²) < 4.78 is 0. The van der Waals surface area contributed by atoms with Crippen molar-refractivity contribution in [3.63, 3.8) is 0 Å². The van der Waals surface area contributed by atoms with Crippen LogP contribution in [0.15, 0.2) is 30.3 Å². The van der Waals surface area contributed by atoms with Crippen molar-refractivity contribution in [2.45, 2.75) is 20.8 Å². The molecule has 0 aliphatic carbocycles. The normalized spacial score (nSPS) is 10.4. The maximum absolute atomic E-state index is 11.3. The van der Waals surface area contributed by atoms with Crippen molar-refractivity contribution in [3.05, 3.63) is 52.7 Å². The van der Waals surface area contributed by atoms with E-state index in [-0.39, 0.29) is 5.56 Å². The molecule has 0 atom stereocenters. The van der Waals surface area contributed by atoms with Gasteiger partial charge in [0.2, 0.25) is 0 Å². The van der Waals surface area contributed by atoms with Gasteiger partial charge in [0, 0.05) is 18.4 Å². The summed E-state index contributed by atoms with van der Waals surface area (Å²) in [7, 11) is 1.84. The highest BCUT2D eigenvalue weighted by Gasteiger charge is 2.17. The first-order valence-corrected chi connectivity index (χ1v) is 6.42. The molecule has 0 aliphatic rings. The SMILES string of the molecule is Cc1ccc(N(C)c2nc(C)ccc2C(=O)O)c(C)c1. The Labute approximate surface area is 118 Å². The molecule has 20 heavy (non-hydrogen) atoms. The third-order valence-corrected chi connectivity index (χ3v) is 3.28. The Morgan fingerprint density at radius 3 is 2.45 bits per heavy atom. The second kappa shape index (κ2) is 5.33. The molecule has 0 bridgehead atoms. The molecule has 1 N–H and O–H groups in total. The van der Waals surface area contributed by atoms with Crippen LogP contribution in [-0.4, -0.2) is 23.1 Å². The molecule has 1 aromatic heterocycles. The van der Waals surface area contributed by atoms with Crippen LogP contribution in [0.4, 0.5) is 11.5 Å². The Balaban J connectivity index is 2.55. The minimum absolute atomic E-state index is 0.207. The predicted octanol–water partition coefficient (Wildman–Crippen LogP) is 3.47. The lowest BCUT2D eigenvalue weighted by molar-refractivity contribution is 0.0697. The van der Waals surface area contributed by atoms with Crippen molar-refractivity contribution < 1.29 is 9.90 Å². The van der Waals surface area contributed by atoms with E-state index in [1.165, 1.54) is 5.56 Å². The second-order valence-electron chi connectivity index (χ2n) is 4.98. The molecule has 2 aromatic rings.